The summed E-state index contributed by atoms with van der Waals surface area (Å²) >= 11 is 7.65. The van der Waals surface area contributed by atoms with Gasteiger partial charge in [0.1, 0.15) is 36.7 Å². The molecule has 0 saturated carbocycles. The zero-order chi connectivity index (χ0) is 20.1. The molecule has 3 rings (SSSR count). The fourth-order valence-electron chi connectivity index (χ4n) is 3.34. The predicted molar refractivity (Wildman–Crippen MR) is 112 cm³/mol. The number of piperazine rings is 1. The quantitative estimate of drug-likeness (QED) is 0.596. The van der Waals surface area contributed by atoms with Gasteiger partial charge >= 0.3 is 5.97 Å². The highest BCUT2D eigenvalue weighted by Crippen LogP contribution is 2.39. The number of benzene rings is 1. The lowest BCUT2D eigenvalue weighted by Crippen LogP contribution is -3.27. The Labute approximate surface area is 174 Å². The molecule has 1 aliphatic heterocycles. The Hall–Kier alpha value is -1.93. The number of rotatable bonds is 6. The van der Waals surface area contributed by atoms with Crippen LogP contribution in [0.1, 0.15) is 17.3 Å². The lowest BCUT2D eigenvalue weighted by Gasteiger charge is -2.26. The van der Waals surface area contributed by atoms with Gasteiger partial charge in [0.15, 0.2) is 6.54 Å². The van der Waals surface area contributed by atoms with Crippen LogP contribution >= 0.6 is 22.9 Å². The molecule has 1 aromatic carbocycles. The Balaban J connectivity index is 1.81. The van der Waals surface area contributed by atoms with Crippen LogP contribution in [0.15, 0.2) is 29.6 Å². The second-order valence-corrected chi connectivity index (χ2v) is 8.27. The maximum Gasteiger partial charge on any atom is 0.341 e. The second kappa shape index (κ2) is 9.52. The van der Waals surface area contributed by atoms with Crippen molar-refractivity contribution >= 4 is 39.8 Å². The van der Waals surface area contributed by atoms with Gasteiger partial charge in [-0.25, -0.2) is 4.79 Å². The predicted octanol–water partition coefficient (Wildman–Crippen LogP) is 0.597. The molecule has 0 spiro atoms. The molecule has 0 bridgehead atoms. The van der Waals surface area contributed by atoms with Gasteiger partial charge in [-0.2, -0.15) is 0 Å². The molecule has 1 fully saturated rings. The fourth-order valence-corrected chi connectivity index (χ4v) is 4.54. The maximum atomic E-state index is 12.6. The van der Waals surface area contributed by atoms with Gasteiger partial charge in [-0.1, -0.05) is 29.8 Å². The molecule has 0 unspecified atom stereocenters. The Bertz CT molecular complexity index is 847. The van der Waals surface area contributed by atoms with E-state index in [-0.39, 0.29) is 12.5 Å². The van der Waals surface area contributed by atoms with Crippen LogP contribution in [0.3, 0.4) is 0 Å². The van der Waals surface area contributed by atoms with Crippen molar-refractivity contribution in [3.63, 3.8) is 0 Å². The van der Waals surface area contributed by atoms with Crippen LogP contribution < -0.4 is 15.1 Å². The molecule has 1 aliphatic rings. The van der Waals surface area contributed by atoms with Crippen molar-refractivity contribution in [2.75, 3.05) is 51.7 Å². The largest absolute Gasteiger partial charge is 0.462 e. The number of esters is 1. The standard InChI is InChI=1S/C20H24ClN3O3S/c1-3-27-20(26)18-15(14-6-4-5-7-16(14)21)13-28-19(18)22-17(25)12-24-10-8-23(2)9-11-24/h4-7,13H,3,8-12H2,1-2H3,(H,22,25)/p+2. The summed E-state index contributed by atoms with van der Waals surface area (Å²) in [5.74, 6) is -0.544. The third-order valence-electron chi connectivity index (χ3n) is 4.91. The van der Waals surface area contributed by atoms with E-state index >= 15 is 0 Å². The first-order valence-electron chi connectivity index (χ1n) is 9.47. The molecular weight excluding hydrogens is 398 g/mol. The lowest BCUT2D eigenvalue weighted by molar-refractivity contribution is -0.999. The lowest BCUT2D eigenvalue weighted by atomic mass is 10.0. The highest BCUT2D eigenvalue weighted by molar-refractivity contribution is 7.15. The van der Waals surface area contributed by atoms with E-state index in [4.69, 9.17) is 16.3 Å². The number of carbonyl (C=O) groups is 2. The maximum absolute atomic E-state index is 12.6. The normalized spacial score (nSPS) is 19.2. The zero-order valence-electron chi connectivity index (χ0n) is 16.1. The Kier molecular flexibility index (Phi) is 7.07. The molecule has 1 amide bonds. The third-order valence-corrected chi connectivity index (χ3v) is 6.13. The summed E-state index contributed by atoms with van der Waals surface area (Å²) in [6.45, 7) is 6.49. The van der Waals surface area contributed by atoms with E-state index in [1.807, 2.05) is 23.6 Å². The van der Waals surface area contributed by atoms with Gasteiger partial charge < -0.3 is 19.9 Å². The van der Waals surface area contributed by atoms with Gasteiger partial charge in [0.25, 0.3) is 5.91 Å². The summed E-state index contributed by atoms with van der Waals surface area (Å²) < 4.78 is 5.24. The molecule has 2 aromatic rings. The van der Waals surface area contributed by atoms with Gasteiger partial charge in [-0.3, -0.25) is 4.79 Å². The minimum atomic E-state index is -0.454. The fraction of sp³-hybridized carbons (Fsp3) is 0.400. The van der Waals surface area contributed by atoms with Crippen LogP contribution in [0.4, 0.5) is 5.00 Å². The summed E-state index contributed by atoms with van der Waals surface area (Å²) in [6, 6.07) is 7.34. The van der Waals surface area contributed by atoms with Crippen molar-refractivity contribution in [2.24, 2.45) is 0 Å². The Morgan fingerprint density at radius 3 is 2.57 bits per heavy atom. The van der Waals surface area contributed by atoms with Gasteiger partial charge in [-0.15, -0.1) is 11.3 Å². The molecular formula is C20H26ClN3O3S+2. The van der Waals surface area contributed by atoms with Crippen molar-refractivity contribution in [2.45, 2.75) is 6.92 Å². The van der Waals surface area contributed by atoms with Gasteiger partial charge in [-0.05, 0) is 13.0 Å². The number of nitrogens with one attached hydrogen (secondary N) is 3. The van der Waals surface area contributed by atoms with Crippen LogP contribution in [-0.2, 0) is 9.53 Å². The van der Waals surface area contributed by atoms with Gasteiger partial charge in [0.05, 0.1) is 13.7 Å². The minimum Gasteiger partial charge on any atom is -0.462 e. The number of thiophene rings is 1. The number of anilines is 1. The van der Waals surface area contributed by atoms with E-state index in [9.17, 15) is 9.59 Å². The molecule has 2 heterocycles. The van der Waals surface area contributed by atoms with Crippen LogP contribution in [0.25, 0.3) is 11.1 Å². The number of hydrogen-bond acceptors (Lipinski definition) is 4. The minimum absolute atomic E-state index is 0.0901. The second-order valence-electron chi connectivity index (χ2n) is 6.99. The first kappa shape index (κ1) is 20.8. The van der Waals surface area contributed by atoms with Crippen molar-refractivity contribution in [3.05, 3.63) is 40.2 Å². The van der Waals surface area contributed by atoms with Crippen LogP contribution in [0, 0.1) is 0 Å². The van der Waals surface area contributed by atoms with E-state index < -0.39 is 5.97 Å². The van der Waals surface area contributed by atoms with E-state index in [0.29, 0.717) is 27.7 Å². The Morgan fingerprint density at radius 1 is 1.18 bits per heavy atom. The van der Waals surface area contributed by atoms with Crippen LogP contribution in [0.5, 0.6) is 0 Å². The van der Waals surface area contributed by atoms with Crippen molar-refractivity contribution in [3.8, 4) is 11.1 Å². The molecule has 150 valence electrons. The molecule has 6 nitrogen and oxygen atoms in total. The molecule has 1 aromatic heterocycles. The number of carbonyl (C=O) groups excluding carboxylic acids is 2. The highest BCUT2D eigenvalue weighted by Gasteiger charge is 2.26. The number of likely N-dealkylation sites (N-methyl/N-ethyl adjacent to an activating group) is 1. The number of amides is 1. The molecule has 0 atom stereocenters. The van der Waals surface area contributed by atoms with Crippen LogP contribution in [0.2, 0.25) is 5.02 Å². The summed E-state index contributed by atoms with van der Waals surface area (Å²) in [5, 5.41) is 5.83. The van der Waals surface area contributed by atoms with E-state index in [1.165, 1.54) is 21.1 Å². The van der Waals surface area contributed by atoms with Crippen molar-refractivity contribution in [1.29, 1.82) is 0 Å². The van der Waals surface area contributed by atoms with E-state index in [2.05, 4.69) is 12.4 Å². The average molecular weight is 424 g/mol. The zero-order valence-corrected chi connectivity index (χ0v) is 17.7. The monoisotopic (exact) mass is 423 g/mol. The molecule has 3 N–H and O–H groups in total. The van der Waals surface area contributed by atoms with E-state index in [0.717, 1.165) is 31.7 Å². The number of hydrogen-bond donors (Lipinski definition) is 3. The average Bonchev–Trinajstić information content (AvgIpc) is 3.07. The topological polar surface area (TPSA) is 64.3 Å². The molecule has 0 aliphatic carbocycles. The van der Waals surface area contributed by atoms with Crippen molar-refractivity contribution < 1.29 is 24.1 Å². The summed E-state index contributed by atoms with van der Waals surface area (Å²) in [5.41, 5.74) is 1.79. The van der Waals surface area contributed by atoms with Crippen molar-refractivity contribution in [1.82, 2.24) is 0 Å². The SMILES string of the molecule is CCOC(=O)c1c(-c2ccccc2Cl)csc1NC(=O)C[NH+]1CC[NH+](C)CC1. The Morgan fingerprint density at radius 2 is 1.89 bits per heavy atom. The van der Waals surface area contributed by atoms with Gasteiger partial charge in [0, 0.05) is 21.5 Å². The summed E-state index contributed by atoms with van der Waals surface area (Å²) in [4.78, 5) is 28.0. The third kappa shape index (κ3) is 4.91. The number of halogens is 1. The summed E-state index contributed by atoms with van der Waals surface area (Å²) in [7, 11) is 2.17. The van der Waals surface area contributed by atoms with Gasteiger partial charge in [0.2, 0.25) is 0 Å². The first-order valence-corrected chi connectivity index (χ1v) is 10.7. The summed E-state index contributed by atoms with van der Waals surface area (Å²) in [6.07, 6.45) is 0. The highest BCUT2D eigenvalue weighted by atomic mass is 35.5. The smallest absolute Gasteiger partial charge is 0.341 e. The van der Waals surface area contributed by atoms with Crippen LogP contribution in [-0.4, -0.2) is 58.3 Å². The van der Waals surface area contributed by atoms with E-state index in [1.54, 1.807) is 13.0 Å². The molecule has 8 heteroatoms. The molecule has 0 radical (unpaired) electrons. The number of quaternary nitrogens is 2. The molecule has 1 saturated heterocycles. The molecule has 28 heavy (non-hydrogen) atoms. The first-order chi connectivity index (χ1) is 13.5. The number of ether oxygens (including phenoxy) is 1.